The lowest BCUT2D eigenvalue weighted by Gasteiger charge is -2.12. The maximum absolute atomic E-state index is 10.6. The van der Waals surface area contributed by atoms with Crippen molar-refractivity contribution in [3.8, 4) is 0 Å². The summed E-state index contributed by atoms with van der Waals surface area (Å²) in [5.41, 5.74) is -2.13. The van der Waals surface area contributed by atoms with Crippen LogP contribution in [0.5, 0.6) is 0 Å². The molecule has 0 amide bonds. The van der Waals surface area contributed by atoms with Crippen molar-refractivity contribution in [2.75, 3.05) is 0 Å². The van der Waals surface area contributed by atoms with Gasteiger partial charge < -0.3 is 15.3 Å². The molecule has 1 heterocycles. The summed E-state index contributed by atoms with van der Waals surface area (Å²) >= 11 is 0. The van der Waals surface area contributed by atoms with Gasteiger partial charge in [-0.25, -0.2) is 9.59 Å². The first-order valence-electron chi connectivity index (χ1n) is 3.19. The van der Waals surface area contributed by atoms with Gasteiger partial charge in [-0.05, 0) is 0 Å². The maximum atomic E-state index is 10.6. The van der Waals surface area contributed by atoms with Crippen LogP contribution >= 0.6 is 0 Å². The van der Waals surface area contributed by atoms with Gasteiger partial charge in [0.2, 0.25) is 5.60 Å². The molecule has 3 N–H and O–H groups in total. The third-order valence-electron chi connectivity index (χ3n) is 1.41. The number of hydrogen-bond acceptors (Lipinski definition) is 6. The minimum absolute atomic E-state index is 0.472. The van der Waals surface area contributed by atoms with Gasteiger partial charge in [0, 0.05) is 6.08 Å². The molecule has 1 rings (SSSR count). The minimum atomic E-state index is -2.13. The number of rotatable bonds is 2. The highest BCUT2D eigenvalue weighted by molar-refractivity contribution is 5.88. The van der Waals surface area contributed by atoms with Crippen LogP contribution in [-0.4, -0.2) is 32.9 Å². The van der Waals surface area contributed by atoms with Crippen molar-refractivity contribution in [2.24, 2.45) is 0 Å². The van der Waals surface area contributed by atoms with Crippen LogP contribution in [0.15, 0.2) is 12.0 Å². The summed E-state index contributed by atoms with van der Waals surface area (Å²) in [5.74, 6) is -3.68. The number of aliphatic hydroxyl groups excluding tert-OH is 1. The molecule has 1 aliphatic rings. The SMILES string of the molecule is O=C1C[C@@](C=C(O)O)(C(=O)O)OO1. The number of aliphatic carboxylic acids is 1. The normalized spacial score (nSPS) is 26.6. The monoisotopic (exact) mass is 190 g/mol. The topological polar surface area (TPSA) is 113 Å². The molecule has 0 radical (unpaired) electrons. The van der Waals surface area contributed by atoms with E-state index in [0.29, 0.717) is 6.08 Å². The van der Waals surface area contributed by atoms with Crippen molar-refractivity contribution >= 4 is 11.9 Å². The number of aliphatic hydroxyl groups is 2. The molecule has 1 aliphatic heterocycles. The van der Waals surface area contributed by atoms with Crippen molar-refractivity contribution in [1.29, 1.82) is 0 Å². The molecule has 1 saturated heterocycles. The van der Waals surface area contributed by atoms with E-state index in [1.807, 2.05) is 0 Å². The first-order valence-corrected chi connectivity index (χ1v) is 3.19. The Labute approximate surface area is 71.7 Å². The molecule has 0 aromatic carbocycles. The highest BCUT2D eigenvalue weighted by atomic mass is 17.2. The Kier molecular flexibility index (Phi) is 2.11. The molecule has 1 atom stereocenters. The van der Waals surface area contributed by atoms with Crippen molar-refractivity contribution in [1.82, 2.24) is 0 Å². The second kappa shape index (κ2) is 2.94. The fourth-order valence-electron chi connectivity index (χ4n) is 0.851. The Morgan fingerprint density at radius 2 is 2.08 bits per heavy atom. The van der Waals surface area contributed by atoms with Gasteiger partial charge in [0.05, 0.1) is 6.42 Å². The summed E-state index contributed by atoms with van der Waals surface area (Å²) in [6, 6.07) is 0. The molecule has 0 saturated carbocycles. The summed E-state index contributed by atoms with van der Waals surface area (Å²) in [5, 5.41) is 25.4. The van der Waals surface area contributed by atoms with Gasteiger partial charge in [0.1, 0.15) is 0 Å². The molecule has 7 nitrogen and oxygen atoms in total. The van der Waals surface area contributed by atoms with Crippen molar-refractivity contribution < 1.29 is 34.7 Å². The van der Waals surface area contributed by atoms with E-state index in [1.165, 1.54) is 0 Å². The third-order valence-corrected chi connectivity index (χ3v) is 1.41. The van der Waals surface area contributed by atoms with E-state index in [2.05, 4.69) is 9.78 Å². The van der Waals surface area contributed by atoms with Crippen LogP contribution in [0.3, 0.4) is 0 Å². The van der Waals surface area contributed by atoms with Crippen molar-refractivity contribution in [3.05, 3.63) is 12.0 Å². The zero-order valence-corrected chi connectivity index (χ0v) is 6.26. The predicted molar refractivity (Wildman–Crippen MR) is 35.5 cm³/mol. The summed E-state index contributed by atoms with van der Waals surface area (Å²) in [4.78, 5) is 29.2. The maximum Gasteiger partial charge on any atom is 0.346 e. The van der Waals surface area contributed by atoms with Gasteiger partial charge in [0.15, 0.2) is 0 Å². The number of hydrogen-bond donors (Lipinski definition) is 3. The van der Waals surface area contributed by atoms with Crippen LogP contribution < -0.4 is 0 Å². The van der Waals surface area contributed by atoms with Gasteiger partial charge in [-0.2, -0.15) is 4.89 Å². The Morgan fingerprint density at radius 1 is 1.46 bits per heavy atom. The number of carboxylic acids is 1. The third kappa shape index (κ3) is 1.70. The van der Waals surface area contributed by atoms with Crippen LogP contribution in [0.4, 0.5) is 0 Å². The zero-order chi connectivity index (χ0) is 10.1. The van der Waals surface area contributed by atoms with E-state index in [1.54, 1.807) is 0 Å². The molecule has 0 aliphatic carbocycles. The smallest absolute Gasteiger partial charge is 0.346 e. The lowest BCUT2D eigenvalue weighted by Crippen LogP contribution is -2.36. The molecule has 7 heteroatoms. The standard InChI is InChI=1S/C6H6O7/c7-3(8)1-6(5(10)11)2-4(9)12-13-6/h1,7-8H,2H2,(H,10,11)/t6-/m0/s1. The van der Waals surface area contributed by atoms with Crippen molar-refractivity contribution in [3.63, 3.8) is 0 Å². The highest BCUT2D eigenvalue weighted by Crippen LogP contribution is 2.26. The zero-order valence-electron chi connectivity index (χ0n) is 6.26. The molecule has 72 valence electrons. The average Bonchev–Trinajstić information content (AvgIpc) is 2.31. The second-order valence-corrected chi connectivity index (χ2v) is 2.41. The van der Waals surface area contributed by atoms with Crippen LogP contribution in [0.1, 0.15) is 6.42 Å². The molecule has 0 spiro atoms. The summed E-state index contributed by atoms with van der Waals surface area (Å²) < 4.78 is 0. The quantitative estimate of drug-likeness (QED) is 0.402. The summed E-state index contributed by atoms with van der Waals surface area (Å²) in [7, 11) is 0. The van der Waals surface area contributed by atoms with E-state index in [9.17, 15) is 9.59 Å². The van der Waals surface area contributed by atoms with Gasteiger partial charge >= 0.3 is 11.9 Å². The average molecular weight is 190 g/mol. The molecule has 0 aromatic heterocycles. The fraction of sp³-hybridized carbons (Fsp3) is 0.333. The molecule has 0 unspecified atom stereocenters. The van der Waals surface area contributed by atoms with E-state index in [-0.39, 0.29) is 0 Å². The van der Waals surface area contributed by atoms with Gasteiger partial charge in [-0.15, -0.1) is 0 Å². The Morgan fingerprint density at radius 3 is 2.38 bits per heavy atom. The summed E-state index contributed by atoms with van der Waals surface area (Å²) in [6.07, 6.45) is -0.132. The molecular formula is C6H6O7. The summed E-state index contributed by atoms with van der Waals surface area (Å²) in [6.45, 7) is 0. The first-order chi connectivity index (χ1) is 5.96. The van der Waals surface area contributed by atoms with Crippen LogP contribution in [0.25, 0.3) is 0 Å². The van der Waals surface area contributed by atoms with Gasteiger partial charge in [-0.1, -0.05) is 0 Å². The first kappa shape index (κ1) is 9.33. The number of carboxylic acid groups (broad SMARTS) is 1. The largest absolute Gasteiger partial charge is 0.481 e. The molecule has 0 aromatic rings. The minimum Gasteiger partial charge on any atom is -0.481 e. The Balaban J connectivity index is 2.96. The van der Waals surface area contributed by atoms with Crippen LogP contribution in [0, 0.1) is 0 Å². The fourth-order valence-corrected chi connectivity index (χ4v) is 0.851. The Bertz CT molecular complexity index is 277. The number of carbonyl (C=O) groups excluding carboxylic acids is 1. The van der Waals surface area contributed by atoms with Gasteiger partial charge in [0.25, 0.3) is 5.95 Å². The van der Waals surface area contributed by atoms with Crippen LogP contribution in [-0.2, 0) is 19.4 Å². The van der Waals surface area contributed by atoms with Crippen molar-refractivity contribution in [2.45, 2.75) is 12.0 Å². The number of carbonyl (C=O) groups is 2. The predicted octanol–water partition coefficient (Wildman–Crippen LogP) is -0.354. The Hall–Kier alpha value is -1.76. The highest BCUT2D eigenvalue weighted by Gasteiger charge is 2.49. The molecular weight excluding hydrogens is 184 g/mol. The molecule has 1 fully saturated rings. The van der Waals surface area contributed by atoms with E-state index in [4.69, 9.17) is 15.3 Å². The molecule has 13 heavy (non-hydrogen) atoms. The molecule has 0 bridgehead atoms. The van der Waals surface area contributed by atoms with E-state index in [0.717, 1.165) is 0 Å². The second-order valence-electron chi connectivity index (χ2n) is 2.41. The van der Waals surface area contributed by atoms with E-state index >= 15 is 0 Å². The van der Waals surface area contributed by atoms with Crippen LogP contribution in [0.2, 0.25) is 0 Å². The van der Waals surface area contributed by atoms with E-state index < -0.39 is 29.9 Å². The lowest BCUT2D eigenvalue weighted by molar-refractivity contribution is -0.280. The van der Waals surface area contributed by atoms with Gasteiger partial charge in [-0.3, -0.25) is 4.89 Å². The lowest BCUT2D eigenvalue weighted by atomic mass is 10.0.